The number of carbonyl (C=O) groups is 2. The van der Waals surface area contributed by atoms with Gasteiger partial charge < -0.3 is 4.74 Å². The van der Waals surface area contributed by atoms with Gasteiger partial charge in [-0.25, -0.2) is 9.78 Å². The molecule has 5 heteroatoms. The van der Waals surface area contributed by atoms with Crippen LogP contribution in [0.15, 0.2) is 36.4 Å². The summed E-state index contributed by atoms with van der Waals surface area (Å²) in [5.74, 6) is -0.586. The van der Waals surface area contributed by atoms with Crippen molar-refractivity contribution in [3.8, 4) is 11.3 Å². The molecule has 0 saturated heterocycles. The monoisotopic (exact) mass is 275 g/mol. The third-order valence-corrected chi connectivity index (χ3v) is 2.83. The van der Waals surface area contributed by atoms with Crippen LogP contribution in [-0.2, 0) is 4.74 Å². The lowest BCUT2D eigenvalue weighted by Crippen LogP contribution is -2.07. The Hall–Kier alpha value is -2.20. The first-order valence-electron chi connectivity index (χ1n) is 5.46. The fraction of sp³-hybridized carbons (Fsp3) is 0.0714. The Labute approximate surface area is 115 Å². The van der Waals surface area contributed by atoms with Gasteiger partial charge in [0, 0.05) is 10.6 Å². The third-order valence-electron chi connectivity index (χ3n) is 2.58. The minimum Gasteiger partial charge on any atom is -0.465 e. The van der Waals surface area contributed by atoms with Crippen LogP contribution in [0.1, 0.15) is 20.8 Å². The zero-order valence-corrected chi connectivity index (χ0v) is 10.8. The number of pyridine rings is 1. The van der Waals surface area contributed by atoms with E-state index in [9.17, 15) is 9.59 Å². The van der Waals surface area contributed by atoms with E-state index in [2.05, 4.69) is 9.72 Å². The highest BCUT2D eigenvalue weighted by Gasteiger charge is 2.13. The highest BCUT2D eigenvalue weighted by molar-refractivity contribution is 6.30. The Balaban J connectivity index is 2.47. The summed E-state index contributed by atoms with van der Waals surface area (Å²) in [6.07, 6.45) is 0.533. The standard InChI is InChI=1S/C14H10ClNO3/c1-19-14(18)11-6-7-12(16-13(11)8-17)9-2-4-10(15)5-3-9/h2-8H,1H3. The fourth-order valence-corrected chi connectivity index (χ4v) is 1.75. The van der Waals surface area contributed by atoms with Gasteiger partial charge in [-0.2, -0.15) is 0 Å². The maximum Gasteiger partial charge on any atom is 0.340 e. The number of ether oxygens (including phenoxy) is 1. The van der Waals surface area contributed by atoms with Crippen molar-refractivity contribution in [1.82, 2.24) is 4.98 Å². The molecule has 0 bridgehead atoms. The van der Waals surface area contributed by atoms with Gasteiger partial charge in [-0.3, -0.25) is 4.79 Å². The van der Waals surface area contributed by atoms with Crippen molar-refractivity contribution in [2.45, 2.75) is 0 Å². The maximum absolute atomic E-state index is 11.4. The Morgan fingerprint density at radius 1 is 1.21 bits per heavy atom. The minimum absolute atomic E-state index is 0.0549. The summed E-state index contributed by atoms with van der Waals surface area (Å²) in [6, 6.07) is 10.2. The number of aldehydes is 1. The molecule has 1 heterocycles. The van der Waals surface area contributed by atoms with Crippen molar-refractivity contribution >= 4 is 23.9 Å². The Morgan fingerprint density at radius 3 is 2.47 bits per heavy atom. The van der Waals surface area contributed by atoms with E-state index in [4.69, 9.17) is 11.6 Å². The lowest BCUT2D eigenvalue weighted by Gasteiger charge is -2.05. The number of hydrogen-bond acceptors (Lipinski definition) is 4. The second kappa shape index (κ2) is 5.63. The summed E-state index contributed by atoms with van der Waals surface area (Å²) < 4.78 is 4.58. The Bertz CT molecular complexity index is 623. The number of hydrogen-bond donors (Lipinski definition) is 0. The Morgan fingerprint density at radius 2 is 1.89 bits per heavy atom. The highest BCUT2D eigenvalue weighted by atomic mass is 35.5. The van der Waals surface area contributed by atoms with E-state index < -0.39 is 5.97 Å². The minimum atomic E-state index is -0.586. The largest absolute Gasteiger partial charge is 0.465 e. The van der Waals surface area contributed by atoms with Gasteiger partial charge in [0.15, 0.2) is 6.29 Å². The van der Waals surface area contributed by atoms with Crippen LogP contribution >= 0.6 is 11.6 Å². The lowest BCUT2D eigenvalue weighted by molar-refractivity contribution is 0.0597. The van der Waals surface area contributed by atoms with E-state index in [0.717, 1.165) is 5.56 Å². The van der Waals surface area contributed by atoms with Crippen LogP contribution in [0.2, 0.25) is 5.02 Å². The number of esters is 1. The van der Waals surface area contributed by atoms with Gasteiger partial charge >= 0.3 is 5.97 Å². The Kier molecular flexibility index (Phi) is 3.92. The van der Waals surface area contributed by atoms with Crippen LogP contribution in [0.4, 0.5) is 0 Å². The number of carbonyl (C=O) groups excluding carboxylic acids is 2. The fourth-order valence-electron chi connectivity index (χ4n) is 1.63. The van der Waals surface area contributed by atoms with Crippen molar-refractivity contribution in [3.63, 3.8) is 0 Å². The third kappa shape index (κ3) is 2.80. The van der Waals surface area contributed by atoms with Crippen LogP contribution in [0.5, 0.6) is 0 Å². The quantitative estimate of drug-likeness (QED) is 0.638. The molecule has 0 fully saturated rings. The van der Waals surface area contributed by atoms with Gasteiger partial charge in [0.2, 0.25) is 0 Å². The van der Waals surface area contributed by atoms with Gasteiger partial charge in [-0.05, 0) is 24.3 Å². The molecule has 0 amide bonds. The molecule has 0 aliphatic carbocycles. The first-order valence-corrected chi connectivity index (χ1v) is 5.84. The predicted octanol–water partition coefficient (Wildman–Crippen LogP) is 3.00. The number of rotatable bonds is 3. The number of methoxy groups -OCH3 is 1. The molecular weight excluding hydrogens is 266 g/mol. The molecule has 2 aromatic rings. The van der Waals surface area contributed by atoms with Gasteiger partial charge in [-0.15, -0.1) is 0 Å². The molecule has 0 unspecified atom stereocenters. The molecule has 4 nitrogen and oxygen atoms in total. The topological polar surface area (TPSA) is 56.3 Å². The number of aromatic nitrogens is 1. The molecule has 19 heavy (non-hydrogen) atoms. The second-order valence-electron chi connectivity index (χ2n) is 3.75. The van der Waals surface area contributed by atoms with Gasteiger partial charge in [0.1, 0.15) is 5.69 Å². The maximum atomic E-state index is 11.4. The molecule has 1 aromatic heterocycles. The van der Waals surface area contributed by atoms with Crippen LogP contribution in [0, 0.1) is 0 Å². The molecule has 0 saturated carbocycles. The molecule has 0 N–H and O–H groups in total. The van der Waals surface area contributed by atoms with E-state index in [0.29, 0.717) is 17.0 Å². The normalized spacial score (nSPS) is 10.0. The molecular formula is C14H10ClNO3. The van der Waals surface area contributed by atoms with Gasteiger partial charge in [0.25, 0.3) is 0 Å². The average molecular weight is 276 g/mol. The van der Waals surface area contributed by atoms with Crippen LogP contribution in [-0.4, -0.2) is 24.3 Å². The lowest BCUT2D eigenvalue weighted by atomic mass is 10.1. The molecule has 0 aliphatic rings. The molecule has 96 valence electrons. The van der Waals surface area contributed by atoms with Gasteiger partial charge in [-0.1, -0.05) is 23.7 Å². The number of benzene rings is 1. The summed E-state index contributed by atoms with van der Waals surface area (Å²) in [5.41, 5.74) is 1.60. The van der Waals surface area contributed by atoms with Gasteiger partial charge in [0.05, 0.1) is 18.4 Å². The molecule has 0 radical (unpaired) electrons. The molecule has 0 atom stereocenters. The van der Waals surface area contributed by atoms with E-state index in [1.165, 1.54) is 13.2 Å². The van der Waals surface area contributed by atoms with E-state index in [-0.39, 0.29) is 11.3 Å². The summed E-state index contributed by atoms with van der Waals surface area (Å²) in [7, 11) is 1.25. The van der Waals surface area contributed by atoms with Crippen molar-refractivity contribution < 1.29 is 14.3 Å². The molecule has 0 aliphatic heterocycles. The van der Waals surface area contributed by atoms with Crippen LogP contribution in [0.3, 0.4) is 0 Å². The molecule has 2 rings (SSSR count). The summed E-state index contributed by atoms with van der Waals surface area (Å²) in [5, 5.41) is 0.616. The highest BCUT2D eigenvalue weighted by Crippen LogP contribution is 2.21. The zero-order valence-electron chi connectivity index (χ0n) is 10.1. The summed E-state index contributed by atoms with van der Waals surface area (Å²) in [6.45, 7) is 0. The number of halogens is 1. The zero-order chi connectivity index (χ0) is 13.8. The van der Waals surface area contributed by atoms with Crippen LogP contribution < -0.4 is 0 Å². The van der Waals surface area contributed by atoms with Crippen molar-refractivity contribution in [3.05, 3.63) is 52.7 Å². The molecule has 1 aromatic carbocycles. The van der Waals surface area contributed by atoms with Crippen molar-refractivity contribution in [2.24, 2.45) is 0 Å². The second-order valence-corrected chi connectivity index (χ2v) is 4.18. The first kappa shape index (κ1) is 13.2. The van der Waals surface area contributed by atoms with Crippen molar-refractivity contribution in [2.75, 3.05) is 7.11 Å². The average Bonchev–Trinajstić information content (AvgIpc) is 2.46. The van der Waals surface area contributed by atoms with E-state index >= 15 is 0 Å². The first-order chi connectivity index (χ1) is 9.15. The summed E-state index contributed by atoms with van der Waals surface area (Å²) in [4.78, 5) is 26.6. The predicted molar refractivity (Wildman–Crippen MR) is 71.4 cm³/mol. The van der Waals surface area contributed by atoms with E-state index in [1.807, 2.05) is 0 Å². The summed E-state index contributed by atoms with van der Waals surface area (Å²) >= 11 is 5.81. The molecule has 0 spiro atoms. The van der Waals surface area contributed by atoms with Crippen LogP contribution in [0.25, 0.3) is 11.3 Å². The SMILES string of the molecule is COC(=O)c1ccc(-c2ccc(Cl)cc2)nc1C=O. The number of nitrogens with zero attached hydrogens (tertiary/aromatic N) is 1. The van der Waals surface area contributed by atoms with Crippen molar-refractivity contribution in [1.29, 1.82) is 0 Å². The van der Waals surface area contributed by atoms with E-state index in [1.54, 1.807) is 30.3 Å². The smallest absolute Gasteiger partial charge is 0.340 e.